The van der Waals surface area contributed by atoms with Gasteiger partial charge in [0.2, 0.25) is 0 Å². The highest BCUT2D eigenvalue weighted by atomic mass is 19.1. The summed E-state index contributed by atoms with van der Waals surface area (Å²) < 4.78 is 42.0. The van der Waals surface area contributed by atoms with Crippen molar-refractivity contribution in [2.24, 2.45) is 5.92 Å². The highest BCUT2D eigenvalue weighted by Crippen LogP contribution is 2.40. The predicted octanol–water partition coefficient (Wildman–Crippen LogP) is 4.32. The Morgan fingerprint density at radius 3 is 2.11 bits per heavy atom. The molecule has 198 valence electrons. The van der Waals surface area contributed by atoms with E-state index in [-0.39, 0.29) is 32.2 Å². The van der Waals surface area contributed by atoms with Crippen LogP contribution in [0, 0.1) is 18.7 Å². The first-order valence-electron chi connectivity index (χ1n) is 12.1. The molecule has 2 N–H and O–H groups in total. The lowest BCUT2D eigenvalue weighted by Crippen LogP contribution is -2.45. The van der Waals surface area contributed by atoms with Crippen molar-refractivity contribution in [1.29, 1.82) is 0 Å². The van der Waals surface area contributed by atoms with E-state index in [4.69, 9.17) is 23.7 Å². The molecule has 0 saturated carbocycles. The van der Waals surface area contributed by atoms with Crippen LogP contribution < -0.4 is 9.47 Å². The Morgan fingerprint density at radius 1 is 0.946 bits per heavy atom. The molecule has 4 atom stereocenters. The minimum atomic E-state index is -1.71. The molecule has 0 radical (unpaired) electrons. The molecular weight excluding hydrogens is 479 g/mol. The molecule has 1 fully saturated rings. The average molecular weight is 513 g/mol. The van der Waals surface area contributed by atoms with Gasteiger partial charge in [-0.3, -0.25) is 0 Å². The van der Waals surface area contributed by atoms with Crippen LogP contribution in [0.5, 0.6) is 11.5 Å². The number of hydrogen-bond acceptors (Lipinski definition) is 7. The largest absolute Gasteiger partial charge is 0.497 e. The first-order valence-corrected chi connectivity index (χ1v) is 12.1. The van der Waals surface area contributed by atoms with Crippen molar-refractivity contribution in [2.45, 2.75) is 38.1 Å². The maximum atomic E-state index is 13.8. The quantitative estimate of drug-likeness (QED) is 0.370. The second kappa shape index (κ2) is 12.0. The van der Waals surface area contributed by atoms with E-state index in [0.29, 0.717) is 16.9 Å². The van der Waals surface area contributed by atoms with Crippen LogP contribution >= 0.6 is 0 Å². The molecule has 0 spiro atoms. The first-order chi connectivity index (χ1) is 17.8. The van der Waals surface area contributed by atoms with Gasteiger partial charge in [0.15, 0.2) is 5.79 Å². The van der Waals surface area contributed by atoms with E-state index in [2.05, 4.69) is 0 Å². The number of aliphatic hydroxyl groups is 2. The second-order valence-corrected chi connectivity index (χ2v) is 9.18. The number of aliphatic hydroxyl groups excluding tert-OH is 1. The van der Waals surface area contributed by atoms with E-state index in [1.54, 1.807) is 27.2 Å². The highest BCUT2D eigenvalue weighted by Gasteiger charge is 2.52. The molecule has 0 amide bonds. The van der Waals surface area contributed by atoms with Gasteiger partial charge in [0, 0.05) is 0 Å². The number of methoxy groups -OCH3 is 2. The molecule has 3 aromatic rings. The monoisotopic (exact) mass is 512 g/mol. The van der Waals surface area contributed by atoms with Crippen LogP contribution in [-0.4, -0.2) is 49.5 Å². The van der Waals surface area contributed by atoms with E-state index in [1.165, 1.54) is 12.1 Å². The highest BCUT2D eigenvalue weighted by molar-refractivity contribution is 5.28. The van der Waals surface area contributed by atoms with Gasteiger partial charge >= 0.3 is 0 Å². The van der Waals surface area contributed by atoms with E-state index in [9.17, 15) is 14.6 Å². The normalized spacial score (nSPS) is 22.1. The summed E-state index contributed by atoms with van der Waals surface area (Å²) >= 11 is 0. The zero-order valence-corrected chi connectivity index (χ0v) is 21.2. The number of aryl methyl sites for hydroxylation is 1. The predicted molar refractivity (Wildman–Crippen MR) is 135 cm³/mol. The molecule has 0 unspecified atom stereocenters. The summed E-state index contributed by atoms with van der Waals surface area (Å²) in [6.45, 7) is 1.95. The summed E-state index contributed by atoms with van der Waals surface area (Å²) in [4.78, 5) is 0. The van der Waals surface area contributed by atoms with Crippen molar-refractivity contribution in [2.75, 3.05) is 27.4 Å². The summed E-state index contributed by atoms with van der Waals surface area (Å²) in [5.41, 5.74) is 2.66. The van der Waals surface area contributed by atoms with Crippen molar-refractivity contribution in [3.05, 3.63) is 94.8 Å². The fraction of sp³-hybridized carbons (Fsp3) is 0.379. The maximum absolute atomic E-state index is 13.8. The van der Waals surface area contributed by atoms with Gasteiger partial charge in [-0.15, -0.1) is 0 Å². The van der Waals surface area contributed by atoms with Gasteiger partial charge in [0.1, 0.15) is 30.0 Å². The second-order valence-electron chi connectivity index (χ2n) is 9.18. The van der Waals surface area contributed by atoms with Gasteiger partial charge in [-0.05, 0) is 59.5 Å². The third kappa shape index (κ3) is 6.47. The lowest BCUT2D eigenvalue weighted by Gasteiger charge is -2.32. The van der Waals surface area contributed by atoms with Crippen molar-refractivity contribution in [3.8, 4) is 11.5 Å². The Hall–Kier alpha value is -3.01. The molecule has 37 heavy (non-hydrogen) atoms. The fourth-order valence-corrected chi connectivity index (χ4v) is 4.38. The first kappa shape index (κ1) is 27.0. The smallest absolute Gasteiger partial charge is 0.197 e. The molecule has 0 bridgehead atoms. The van der Waals surface area contributed by atoms with Crippen molar-refractivity contribution < 1.29 is 38.3 Å². The van der Waals surface area contributed by atoms with Crippen LogP contribution in [0.2, 0.25) is 0 Å². The van der Waals surface area contributed by atoms with Gasteiger partial charge in [-0.25, -0.2) is 4.39 Å². The minimum absolute atomic E-state index is 0.0625. The molecule has 1 aliphatic rings. The topological polar surface area (TPSA) is 86.6 Å². The molecule has 1 heterocycles. The van der Waals surface area contributed by atoms with E-state index < -0.39 is 23.9 Å². The fourth-order valence-electron chi connectivity index (χ4n) is 4.38. The molecule has 0 aromatic heterocycles. The summed E-state index contributed by atoms with van der Waals surface area (Å²) in [7, 11) is 3.20. The Labute approximate surface area is 216 Å². The van der Waals surface area contributed by atoms with Crippen LogP contribution in [0.1, 0.15) is 28.4 Å². The third-order valence-electron chi connectivity index (χ3n) is 6.67. The van der Waals surface area contributed by atoms with E-state index >= 15 is 0 Å². The zero-order valence-electron chi connectivity index (χ0n) is 21.2. The van der Waals surface area contributed by atoms with Gasteiger partial charge in [0.05, 0.1) is 46.1 Å². The van der Waals surface area contributed by atoms with E-state index in [1.807, 2.05) is 48.5 Å². The van der Waals surface area contributed by atoms with Crippen LogP contribution in [-0.2, 0) is 27.4 Å². The lowest BCUT2D eigenvalue weighted by atomic mass is 9.89. The average Bonchev–Trinajstić information content (AvgIpc) is 3.25. The Morgan fingerprint density at radius 2 is 1.54 bits per heavy atom. The van der Waals surface area contributed by atoms with Gasteiger partial charge in [-0.2, -0.15) is 0 Å². The van der Waals surface area contributed by atoms with Crippen molar-refractivity contribution >= 4 is 0 Å². The SMILES string of the molecule is COc1ccc(COC[C@@H]2[C@@H]([C@H](O)c3ccc(F)c(C)c3)OC[C@@]2(O)OCc2ccc(OC)cc2)cc1. The molecule has 1 saturated heterocycles. The Kier molecular flexibility index (Phi) is 8.79. The van der Waals surface area contributed by atoms with Crippen molar-refractivity contribution in [3.63, 3.8) is 0 Å². The van der Waals surface area contributed by atoms with Crippen LogP contribution in [0.15, 0.2) is 66.7 Å². The molecule has 3 aromatic carbocycles. The summed E-state index contributed by atoms with van der Waals surface area (Å²) in [6.07, 6.45) is -1.95. The maximum Gasteiger partial charge on any atom is 0.197 e. The number of hydrogen-bond donors (Lipinski definition) is 2. The molecule has 4 rings (SSSR count). The Balaban J connectivity index is 1.50. The molecule has 7 nitrogen and oxygen atoms in total. The molecular formula is C29H33FO7. The molecule has 8 heteroatoms. The standard InChI is InChI=1S/C29H33FO7/c1-19-14-22(8-13-26(19)30)27(31)28-25(17-35-15-20-4-9-23(33-2)10-5-20)29(32,18-36-28)37-16-21-6-11-24(34-3)12-7-21/h4-14,25,27-28,31-32H,15-18H2,1-3H3/t25-,27-,28+,29-/m1/s1. The minimum Gasteiger partial charge on any atom is -0.497 e. The summed E-state index contributed by atoms with van der Waals surface area (Å²) in [5, 5.41) is 22.7. The van der Waals surface area contributed by atoms with Gasteiger partial charge < -0.3 is 33.9 Å². The van der Waals surface area contributed by atoms with Crippen molar-refractivity contribution in [1.82, 2.24) is 0 Å². The van der Waals surface area contributed by atoms with Crippen LogP contribution in [0.25, 0.3) is 0 Å². The Bertz CT molecular complexity index is 1150. The van der Waals surface area contributed by atoms with Crippen LogP contribution in [0.3, 0.4) is 0 Å². The molecule has 0 aliphatic carbocycles. The summed E-state index contributed by atoms with van der Waals surface area (Å²) in [6, 6.07) is 19.2. The molecule has 1 aliphatic heterocycles. The lowest BCUT2D eigenvalue weighted by molar-refractivity contribution is -0.238. The van der Waals surface area contributed by atoms with Gasteiger partial charge in [0.25, 0.3) is 0 Å². The zero-order chi connectivity index (χ0) is 26.4. The number of ether oxygens (including phenoxy) is 5. The third-order valence-corrected chi connectivity index (χ3v) is 6.67. The number of rotatable bonds is 11. The number of halogens is 1. The summed E-state index contributed by atoms with van der Waals surface area (Å²) in [5.74, 6) is -1.33. The van der Waals surface area contributed by atoms with Crippen LogP contribution in [0.4, 0.5) is 4.39 Å². The van der Waals surface area contributed by atoms with Gasteiger partial charge in [-0.1, -0.05) is 36.4 Å². The number of benzene rings is 3. The van der Waals surface area contributed by atoms with E-state index in [0.717, 1.165) is 16.9 Å².